The number of rotatable bonds is 1. The van der Waals surface area contributed by atoms with Crippen LogP contribution < -0.4 is 0 Å². The number of nitrogens with zero attached hydrogens (tertiary/aromatic N) is 2. The van der Waals surface area contributed by atoms with Gasteiger partial charge in [-0.25, -0.2) is 0 Å². The molecule has 1 aliphatic carbocycles. The van der Waals surface area contributed by atoms with Crippen LogP contribution in [0.4, 0.5) is 0 Å². The summed E-state index contributed by atoms with van der Waals surface area (Å²) in [6, 6.07) is 1.98. The van der Waals surface area contributed by atoms with Crippen molar-refractivity contribution in [2.45, 2.75) is 25.3 Å². The maximum Gasteiger partial charge on any atom is 0.0601 e. The van der Waals surface area contributed by atoms with Gasteiger partial charge in [-0.2, -0.15) is 5.10 Å². The van der Waals surface area contributed by atoms with Crippen LogP contribution in [0.15, 0.2) is 18.5 Å². The van der Waals surface area contributed by atoms with Crippen LogP contribution in [-0.4, -0.2) is 9.78 Å². The molecule has 0 bridgehead atoms. The molecule has 2 rings (SSSR count). The Bertz CT molecular complexity index is 197. The van der Waals surface area contributed by atoms with Crippen LogP contribution in [0.1, 0.15) is 19.8 Å². The fraction of sp³-hybridized carbons (Fsp3) is 0.571. The van der Waals surface area contributed by atoms with E-state index < -0.39 is 0 Å². The minimum absolute atomic E-state index is 0.378. The van der Waals surface area contributed by atoms with Crippen molar-refractivity contribution in [3.8, 4) is 0 Å². The Kier molecular flexibility index (Phi) is 0.770. The Labute approximate surface area is 54.5 Å². The van der Waals surface area contributed by atoms with E-state index in [9.17, 15) is 0 Å². The van der Waals surface area contributed by atoms with E-state index in [4.69, 9.17) is 0 Å². The van der Waals surface area contributed by atoms with Crippen LogP contribution in [-0.2, 0) is 5.54 Å². The van der Waals surface area contributed by atoms with Crippen molar-refractivity contribution in [2.24, 2.45) is 0 Å². The van der Waals surface area contributed by atoms with Crippen LogP contribution in [0, 0.1) is 0 Å². The maximum atomic E-state index is 4.17. The van der Waals surface area contributed by atoms with Crippen molar-refractivity contribution in [2.75, 3.05) is 0 Å². The summed E-state index contributed by atoms with van der Waals surface area (Å²) in [7, 11) is 0. The molecule has 0 atom stereocenters. The summed E-state index contributed by atoms with van der Waals surface area (Å²) in [6.07, 6.45) is 6.44. The predicted octanol–water partition coefficient (Wildman–Crippen LogP) is 1.39. The first kappa shape index (κ1) is 5.03. The molecule has 1 aromatic heterocycles. The summed E-state index contributed by atoms with van der Waals surface area (Å²) in [5, 5.41) is 4.17. The molecule has 0 radical (unpaired) electrons. The van der Waals surface area contributed by atoms with Gasteiger partial charge in [-0.05, 0) is 25.8 Å². The van der Waals surface area contributed by atoms with Gasteiger partial charge in [0, 0.05) is 12.4 Å². The van der Waals surface area contributed by atoms with Gasteiger partial charge in [0.05, 0.1) is 5.54 Å². The molecule has 2 nitrogen and oxygen atoms in total. The molecule has 0 spiro atoms. The van der Waals surface area contributed by atoms with Crippen LogP contribution in [0.2, 0.25) is 0 Å². The van der Waals surface area contributed by atoms with Gasteiger partial charge in [0.1, 0.15) is 0 Å². The van der Waals surface area contributed by atoms with E-state index in [0.717, 1.165) is 0 Å². The second kappa shape index (κ2) is 1.38. The van der Waals surface area contributed by atoms with E-state index in [1.165, 1.54) is 12.8 Å². The molecule has 0 aromatic carbocycles. The van der Waals surface area contributed by atoms with E-state index in [0.29, 0.717) is 5.54 Å². The largest absolute Gasteiger partial charge is 0.267 e. The smallest absolute Gasteiger partial charge is 0.0601 e. The average Bonchev–Trinajstić information content (AvgIpc) is 2.46. The Morgan fingerprint density at radius 3 is 2.78 bits per heavy atom. The van der Waals surface area contributed by atoms with Crippen LogP contribution >= 0.6 is 0 Å². The van der Waals surface area contributed by atoms with Gasteiger partial charge in [0.2, 0.25) is 0 Å². The minimum Gasteiger partial charge on any atom is -0.267 e. The van der Waals surface area contributed by atoms with Gasteiger partial charge in [-0.3, -0.25) is 4.68 Å². The molecule has 0 saturated heterocycles. The third-order valence-corrected chi connectivity index (χ3v) is 2.03. The van der Waals surface area contributed by atoms with Crippen molar-refractivity contribution < 1.29 is 0 Å². The molecule has 1 aliphatic rings. The first-order valence-electron chi connectivity index (χ1n) is 3.31. The lowest BCUT2D eigenvalue weighted by Crippen LogP contribution is -2.11. The van der Waals surface area contributed by atoms with Crippen molar-refractivity contribution >= 4 is 0 Å². The summed E-state index contributed by atoms with van der Waals surface area (Å²) in [6.45, 7) is 2.24. The Morgan fingerprint density at radius 1 is 1.56 bits per heavy atom. The van der Waals surface area contributed by atoms with Crippen molar-refractivity contribution in [1.82, 2.24) is 9.78 Å². The minimum atomic E-state index is 0.378. The highest BCUT2D eigenvalue weighted by molar-refractivity contribution is 4.97. The molecule has 9 heavy (non-hydrogen) atoms. The second-order valence-electron chi connectivity index (χ2n) is 2.95. The molecular weight excluding hydrogens is 112 g/mol. The molecule has 1 saturated carbocycles. The number of aromatic nitrogens is 2. The Hall–Kier alpha value is -0.790. The predicted molar refractivity (Wildman–Crippen MR) is 35.1 cm³/mol. The third kappa shape index (κ3) is 0.661. The quantitative estimate of drug-likeness (QED) is 0.550. The molecular formula is C7H10N2. The first-order valence-corrected chi connectivity index (χ1v) is 3.31. The summed E-state index contributed by atoms with van der Waals surface area (Å²) < 4.78 is 2.05. The van der Waals surface area contributed by atoms with Crippen molar-refractivity contribution in [3.05, 3.63) is 18.5 Å². The van der Waals surface area contributed by atoms with Gasteiger partial charge in [-0.15, -0.1) is 0 Å². The van der Waals surface area contributed by atoms with Crippen molar-refractivity contribution in [1.29, 1.82) is 0 Å². The molecule has 0 unspecified atom stereocenters. The standard InChI is InChI=1S/C7H10N2/c1-7(3-4-7)9-6-2-5-8-9/h2,5-6H,3-4H2,1H3. The van der Waals surface area contributed by atoms with Gasteiger partial charge in [-0.1, -0.05) is 0 Å². The fourth-order valence-electron chi connectivity index (χ4n) is 0.998. The van der Waals surface area contributed by atoms with Gasteiger partial charge >= 0.3 is 0 Å². The first-order chi connectivity index (χ1) is 4.31. The lowest BCUT2D eigenvalue weighted by molar-refractivity contribution is 0.473. The zero-order valence-electron chi connectivity index (χ0n) is 5.54. The molecule has 1 fully saturated rings. The molecule has 0 amide bonds. The van der Waals surface area contributed by atoms with Crippen LogP contribution in [0.3, 0.4) is 0 Å². The molecule has 2 heteroatoms. The normalized spacial score (nSPS) is 21.9. The van der Waals surface area contributed by atoms with Gasteiger partial charge in [0.25, 0.3) is 0 Å². The van der Waals surface area contributed by atoms with E-state index in [1.54, 1.807) is 0 Å². The highest BCUT2D eigenvalue weighted by Gasteiger charge is 2.39. The molecule has 1 aromatic rings. The van der Waals surface area contributed by atoms with E-state index in [2.05, 4.69) is 12.0 Å². The zero-order valence-corrected chi connectivity index (χ0v) is 5.54. The van der Waals surface area contributed by atoms with Gasteiger partial charge < -0.3 is 0 Å². The Morgan fingerprint density at radius 2 is 2.33 bits per heavy atom. The maximum absolute atomic E-state index is 4.17. The highest BCUT2D eigenvalue weighted by atomic mass is 15.3. The van der Waals surface area contributed by atoms with Gasteiger partial charge in [0.15, 0.2) is 0 Å². The van der Waals surface area contributed by atoms with E-state index >= 15 is 0 Å². The molecule has 48 valence electrons. The van der Waals surface area contributed by atoms with Crippen LogP contribution in [0.25, 0.3) is 0 Å². The van der Waals surface area contributed by atoms with Crippen molar-refractivity contribution in [3.63, 3.8) is 0 Å². The molecule has 0 aliphatic heterocycles. The summed E-state index contributed by atoms with van der Waals surface area (Å²) in [5.41, 5.74) is 0.378. The van der Waals surface area contributed by atoms with E-state index in [1.807, 2.05) is 23.1 Å². The summed E-state index contributed by atoms with van der Waals surface area (Å²) >= 11 is 0. The number of hydrogen-bond donors (Lipinski definition) is 0. The average molecular weight is 122 g/mol. The second-order valence-corrected chi connectivity index (χ2v) is 2.95. The molecule has 1 heterocycles. The Balaban J connectivity index is 2.34. The summed E-state index contributed by atoms with van der Waals surface area (Å²) in [4.78, 5) is 0. The summed E-state index contributed by atoms with van der Waals surface area (Å²) in [5.74, 6) is 0. The fourth-order valence-corrected chi connectivity index (χ4v) is 0.998. The monoisotopic (exact) mass is 122 g/mol. The van der Waals surface area contributed by atoms with Crippen LogP contribution in [0.5, 0.6) is 0 Å². The topological polar surface area (TPSA) is 17.8 Å². The van der Waals surface area contributed by atoms with E-state index in [-0.39, 0.29) is 0 Å². The SMILES string of the molecule is CC1(n2cccn2)CC1. The lowest BCUT2D eigenvalue weighted by Gasteiger charge is -2.06. The number of hydrogen-bond acceptors (Lipinski definition) is 1. The molecule has 0 N–H and O–H groups in total. The zero-order chi connectivity index (χ0) is 6.32. The lowest BCUT2D eigenvalue weighted by atomic mass is 10.3. The third-order valence-electron chi connectivity index (χ3n) is 2.03. The highest BCUT2D eigenvalue weighted by Crippen LogP contribution is 2.41.